The molecule has 0 saturated carbocycles. The Hall–Kier alpha value is -0.900. The molecule has 1 saturated heterocycles. The first-order chi connectivity index (χ1) is 10.2. The monoisotopic (exact) mass is 289 g/mol. The van der Waals surface area contributed by atoms with Gasteiger partial charge in [0.25, 0.3) is 0 Å². The molecule has 0 radical (unpaired) electrons. The van der Waals surface area contributed by atoms with Crippen molar-refractivity contribution in [1.82, 2.24) is 15.1 Å². The Morgan fingerprint density at radius 3 is 2.57 bits per heavy atom. The number of rotatable bonds is 6. The molecule has 21 heavy (non-hydrogen) atoms. The first kappa shape index (κ1) is 16.5. The molecular formula is C18H31N3. The van der Waals surface area contributed by atoms with Gasteiger partial charge in [0.2, 0.25) is 0 Å². The highest BCUT2D eigenvalue weighted by Gasteiger charge is 2.19. The van der Waals surface area contributed by atoms with Gasteiger partial charge in [-0.25, -0.2) is 0 Å². The van der Waals surface area contributed by atoms with E-state index in [4.69, 9.17) is 0 Å². The van der Waals surface area contributed by atoms with Gasteiger partial charge in [-0.1, -0.05) is 31.2 Å². The lowest BCUT2D eigenvalue weighted by molar-refractivity contribution is 0.194. The van der Waals surface area contributed by atoms with E-state index in [2.05, 4.69) is 60.3 Å². The maximum absolute atomic E-state index is 3.46. The SMILES string of the molecule is CCCNCc1ccc(CN2CCCN(C)CC2C)cc1. The summed E-state index contributed by atoms with van der Waals surface area (Å²) >= 11 is 0. The molecule has 0 amide bonds. The molecule has 3 heteroatoms. The molecule has 2 rings (SSSR count). The minimum atomic E-state index is 0.642. The summed E-state index contributed by atoms with van der Waals surface area (Å²) in [5, 5.41) is 3.46. The maximum Gasteiger partial charge on any atom is 0.0237 e. The normalized spacial score (nSPS) is 21.4. The molecule has 1 N–H and O–H groups in total. The average molecular weight is 289 g/mol. The van der Waals surface area contributed by atoms with E-state index in [1.54, 1.807) is 0 Å². The van der Waals surface area contributed by atoms with E-state index in [0.29, 0.717) is 6.04 Å². The largest absolute Gasteiger partial charge is 0.313 e. The Morgan fingerprint density at radius 2 is 1.86 bits per heavy atom. The minimum absolute atomic E-state index is 0.642. The predicted molar refractivity (Wildman–Crippen MR) is 90.4 cm³/mol. The fourth-order valence-corrected chi connectivity index (χ4v) is 3.06. The molecule has 0 aromatic heterocycles. The standard InChI is InChI=1S/C18H31N3/c1-4-10-19-13-17-6-8-18(9-7-17)15-21-12-5-11-20(3)14-16(21)2/h6-9,16,19H,4-5,10-15H2,1-3H3. The van der Waals surface area contributed by atoms with Crippen molar-refractivity contribution >= 4 is 0 Å². The van der Waals surface area contributed by atoms with Crippen LogP contribution in [0, 0.1) is 0 Å². The van der Waals surface area contributed by atoms with Crippen LogP contribution in [0.2, 0.25) is 0 Å². The molecule has 1 atom stereocenters. The van der Waals surface area contributed by atoms with Crippen molar-refractivity contribution in [2.45, 2.75) is 45.8 Å². The van der Waals surface area contributed by atoms with Gasteiger partial charge < -0.3 is 10.2 Å². The van der Waals surface area contributed by atoms with E-state index in [1.165, 1.54) is 43.6 Å². The molecule has 0 aliphatic carbocycles. The van der Waals surface area contributed by atoms with Crippen LogP contribution in [0.25, 0.3) is 0 Å². The molecule has 1 aromatic rings. The van der Waals surface area contributed by atoms with Crippen molar-refractivity contribution in [3.63, 3.8) is 0 Å². The zero-order valence-electron chi connectivity index (χ0n) is 13.9. The smallest absolute Gasteiger partial charge is 0.0237 e. The van der Waals surface area contributed by atoms with Crippen LogP contribution in [0.15, 0.2) is 24.3 Å². The van der Waals surface area contributed by atoms with E-state index in [-0.39, 0.29) is 0 Å². The fourth-order valence-electron chi connectivity index (χ4n) is 3.06. The summed E-state index contributed by atoms with van der Waals surface area (Å²) < 4.78 is 0. The summed E-state index contributed by atoms with van der Waals surface area (Å²) in [6, 6.07) is 9.77. The maximum atomic E-state index is 3.46. The first-order valence-electron chi connectivity index (χ1n) is 8.40. The Labute approximate surface area is 130 Å². The molecular weight excluding hydrogens is 258 g/mol. The number of hydrogen-bond donors (Lipinski definition) is 1. The molecule has 1 aliphatic heterocycles. The Kier molecular flexibility index (Phi) is 6.68. The Bertz CT molecular complexity index is 401. The fraction of sp³-hybridized carbons (Fsp3) is 0.667. The molecule has 0 bridgehead atoms. The molecule has 0 spiro atoms. The number of nitrogens with zero attached hydrogens (tertiary/aromatic N) is 2. The summed E-state index contributed by atoms with van der Waals surface area (Å²) in [5.41, 5.74) is 2.82. The average Bonchev–Trinajstić information content (AvgIpc) is 2.62. The van der Waals surface area contributed by atoms with Crippen LogP contribution in [0.4, 0.5) is 0 Å². The summed E-state index contributed by atoms with van der Waals surface area (Å²) in [6.45, 7) is 11.3. The van der Waals surface area contributed by atoms with Crippen LogP contribution >= 0.6 is 0 Å². The van der Waals surface area contributed by atoms with Crippen LogP contribution < -0.4 is 5.32 Å². The van der Waals surface area contributed by atoms with Crippen molar-refractivity contribution < 1.29 is 0 Å². The van der Waals surface area contributed by atoms with Gasteiger partial charge in [-0.2, -0.15) is 0 Å². The van der Waals surface area contributed by atoms with Gasteiger partial charge in [0.05, 0.1) is 0 Å². The van der Waals surface area contributed by atoms with Crippen LogP contribution in [-0.4, -0.2) is 49.1 Å². The highest BCUT2D eigenvalue weighted by atomic mass is 15.2. The molecule has 1 aromatic carbocycles. The van der Waals surface area contributed by atoms with E-state index in [1.807, 2.05) is 0 Å². The van der Waals surface area contributed by atoms with E-state index in [0.717, 1.165) is 19.6 Å². The lowest BCUT2D eigenvalue weighted by Crippen LogP contribution is -2.37. The van der Waals surface area contributed by atoms with Crippen molar-refractivity contribution in [2.24, 2.45) is 0 Å². The summed E-state index contributed by atoms with van der Waals surface area (Å²) in [7, 11) is 2.23. The zero-order valence-corrected chi connectivity index (χ0v) is 13.9. The minimum Gasteiger partial charge on any atom is -0.313 e. The lowest BCUT2D eigenvalue weighted by atomic mass is 10.1. The third-order valence-electron chi connectivity index (χ3n) is 4.35. The Balaban J connectivity index is 1.87. The lowest BCUT2D eigenvalue weighted by Gasteiger charge is -2.28. The van der Waals surface area contributed by atoms with Gasteiger partial charge in [-0.15, -0.1) is 0 Å². The molecule has 118 valence electrons. The Morgan fingerprint density at radius 1 is 1.14 bits per heavy atom. The first-order valence-corrected chi connectivity index (χ1v) is 8.40. The third-order valence-corrected chi connectivity index (χ3v) is 4.35. The van der Waals surface area contributed by atoms with Crippen molar-refractivity contribution in [3.05, 3.63) is 35.4 Å². The van der Waals surface area contributed by atoms with Crippen LogP contribution in [-0.2, 0) is 13.1 Å². The number of nitrogens with one attached hydrogen (secondary N) is 1. The van der Waals surface area contributed by atoms with Crippen LogP contribution in [0.1, 0.15) is 37.8 Å². The van der Waals surface area contributed by atoms with Crippen molar-refractivity contribution in [3.8, 4) is 0 Å². The topological polar surface area (TPSA) is 18.5 Å². The van der Waals surface area contributed by atoms with Gasteiger partial charge in [0.15, 0.2) is 0 Å². The van der Waals surface area contributed by atoms with Crippen molar-refractivity contribution in [2.75, 3.05) is 33.2 Å². The van der Waals surface area contributed by atoms with Gasteiger partial charge in [0, 0.05) is 32.2 Å². The second-order valence-corrected chi connectivity index (χ2v) is 6.43. The molecule has 3 nitrogen and oxygen atoms in total. The molecule has 1 aliphatic rings. The molecule has 1 heterocycles. The highest BCUT2D eigenvalue weighted by Crippen LogP contribution is 2.14. The van der Waals surface area contributed by atoms with Gasteiger partial charge in [0.1, 0.15) is 0 Å². The van der Waals surface area contributed by atoms with Gasteiger partial charge in [-0.05, 0) is 51.0 Å². The van der Waals surface area contributed by atoms with E-state index < -0.39 is 0 Å². The number of likely N-dealkylation sites (N-methyl/N-ethyl adjacent to an activating group) is 1. The summed E-state index contributed by atoms with van der Waals surface area (Å²) in [6.07, 6.45) is 2.47. The molecule has 1 unspecified atom stereocenters. The molecule has 1 fully saturated rings. The number of benzene rings is 1. The van der Waals surface area contributed by atoms with E-state index >= 15 is 0 Å². The number of hydrogen-bond acceptors (Lipinski definition) is 3. The van der Waals surface area contributed by atoms with Crippen molar-refractivity contribution in [1.29, 1.82) is 0 Å². The second kappa shape index (κ2) is 8.52. The second-order valence-electron chi connectivity index (χ2n) is 6.43. The van der Waals surface area contributed by atoms with Crippen LogP contribution in [0.3, 0.4) is 0 Å². The van der Waals surface area contributed by atoms with Gasteiger partial charge >= 0.3 is 0 Å². The van der Waals surface area contributed by atoms with E-state index in [9.17, 15) is 0 Å². The highest BCUT2D eigenvalue weighted by molar-refractivity contribution is 5.22. The van der Waals surface area contributed by atoms with Crippen LogP contribution in [0.5, 0.6) is 0 Å². The zero-order chi connectivity index (χ0) is 15.1. The summed E-state index contributed by atoms with van der Waals surface area (Å²) in [4.78, 5) is 5.07. The summed E-state index contributed by atoms with van der Waals surface area (Å²) in [5.74, 6) is 0. The third kappa shape index (κ3) is 5.42. The van der Waals surface area contributed by atoms with Gasteiger partial charge in [-0.3, -0.25) is 4.90 Å². The quantitative estimate of drug-likeness (QED) is 0.812. The predicted octanol–water partition coefficient (Wildman–Crippen LogP) is 2.71.